The van der Waals surface area contributed by atoms with Gasteiger partial charge in [0.15, 0.2) is 0 Å². The average Bonchev–Trinajstić information content (AvgIpc) is 2.15. The molecule has 0 bridgehead atoms. The molecule has 0 amide bonds. The zero-order valence-electron chi connectivity index (χ0n) is 7.93. The maximum atomic E-state index is 8.72. The van der Waals surface area contributed by atoms with Gasteiger partial charge in [0.1, 0.15) is 18.4 Å². The second kappa shape index (κ2) is 6.25. The molecule has 0 fully saturated rings. The molecular weight excluding hydrogens is 200 g/mol. The largest absolute Gasteiger partial charge is 0.491 e. The van der Waals surface area contributed by atoms with Gasteiger partial charge >= 0.3 is 0 Å². The third kappa shape index (κ3) is 3.65. The lowest BCUT2D eigenvalue weighted by Gasteiger charge is -2.09. The quantitative estimate of drug-likeness (QED) is 0.830. The van der Waals surface area contributed by atoms with Gasteiger partial charge in [-0.05, 0) is 19.1 Å². The van der Waals surface area contributed by atoms with E-state index in [2.05, 4.69) is 6.07 Å². The standard InChI is InChI=1S/C10H12N2O.ClH/c1-8(12)7-13-10-5-3-2-4-9(10)6-11;/h2-5,8H,7,12H2,1H3;1H/t8-;/m1./s1. The summed E-state index contributed by atoms with van der Waals surface area (Å²) in [5, 5.41) is 8.72. The predicted molar refractivity (Wildman–Crippen MR) is 57.5 cm³/mol. The van der Waals surface area contributed by atoms with Gasteiger partial charge in [0.05, 0.1) is 5.56 Å². The highest BCUT2D eigenvalue weighted by Gasteiger charge is 2.02. The number of hydrogen-bond acceptors (Lipinski definition) is 3. The second-order valence-electron chi connectivity index (χ2n) is 2.90. The molecule has 0 aliphatic rings. The fourth-order valence-electron chi connectivity index (χ4n) is 0.906. The molecule has 0 aliphatic heterocycles. The van der Waals surface area contributed by atoms with E-state index in [1.54, 1.807) is 18.2 Å². The summed E-state index contributed by atoms with van der Waals surface area (Å²) in [7, 11) is 0. The van der Waals surface area contributed by atoms with Crippen molar-refractivity contribution in [2.45, 2.75) is 13.0 Å². The number of benzene rings is 1. The molecule has 0 heterocycles. The third-order valence-electron chi connectivity index (χ3n) is 1.51. The van der Waals surface area contributed by atoms with Gasteiger partial charge in [-0.1, -0.05) is 12.1 Å². The normalized spacial score (nSPS) is 10.9. The molecule has 4 heteroatoms. The van der Waals surface area contributed by atoms with E-state index in [4.69, 9.17) is 15.7 Å². The van der Waals surface area contributed by atoms with Gasteiger partial charge in [0.25, 0.3) is 0 Å². The number of hydrogen-bond donors (Lipinski definition) is 1. The Labute approximate surface area is 89.9 Å². The van der Waals surface area contributed by atoms with Crippen molar-refractivity contribution in [3.63, 3.8) is 0 Å². The molecule has 2 N–H and O–H groups in total. The highest BCUT2D eigenvalue weighted by Crippen LogP contribution is 2.16. The van der Waals surface area contributed by atoms with E-state index in [0.717, 1.165) is 0 Å². The molecular formula is C10H13ClN2O. The summed E-state index contributed by atoms with van der Waals surface area (Å²) in [6.45, 7) is 2.29. The summed E-state index contributed by atoms with van der Waals surface area (Å²) in [5.41, 5.74) is 6.07. The minimum absolute atomic E-state index is 0. The van der Waals surface area contributed by atoms with Gasteiger partial charge in [0, 0.05) is 6.04 Å². The zero-order valence-corrected chi connectivity index (χ0v) is 8.75. The molecule has 0 aromatic heterocycles. The average molecular weight is 213 g/mol. The smallest absolute Gasteiger partial charge is 0.137 e. The highest BCUT2D eigenvalue weighted by molar-refractivity contribution is 5.85. The van der Waals surface area contributed by atoms with Crippen LogP contribution in [0.25, 0.3) is 0 Å². The number of nitrogens with two attached hydrogens (primary N) is 1. The SMILES string of the molecule is C[C@@H](N)COc1ccccc1C#N.Cl. The van der Waals surface area contributed by atoms with Gasteiger partial charge in [-0.25, -0.2) is 0 Å². The number of nitriles is 1. The van der Waals surface area contributed by atoms with E-state index in [1.165, 1.54) is 0 Å². The Bertz CT molecular complexity index is 320. The number of rotatable bonds is 3. The van der Waals surface area contributed by atoms with E-state index in [0.29, 0.717) is 17.9 Å². The number of ether oxygens (including phenoxy) is 1. The topological polar surface area (TPSA) is 59.0 Å². The lowest BCUT2D eigenvalue weighted by molar-refractivity contribution is 0.295. The Morgan fingerprint density at radius 3 is 2.71 bits per heavy atom. The van der Waals surface area contributed by atoms with Crippen molar-refractivity contribution >= 4 is 12.4 Å². The van der Waals surface area contributed by atoms with Gasteiger partial charge in [0.2, 0.25) is 0 Å². The second-order valence-corrected chi connectivity index (χ2v) is 2.90. The minimum atomic E-state index is -0.0215. The first-order valence-corrected chi connectivity index (χ1v) is 4.11. The van der Waals surface area contributed by atoms with Gasteiger partial charge < -0.3 is 10.5 Å². The van der Waals surface area contributed by atoms with E-state index in [-0.39, 0.29) is 18.4 Å². The van der Waals surface area contributed by atoms with Crippen molar-refractivity contribution in [1.82, 2.24) is 0 Å². The molecule has 0 radical (unpaired) electrons. The lowest BCUT2D eigenvalue weighted by atomic mass is 10.2. The molecule has 14 heavy (non-hydrogen) atoms. The van der Waals surface area contributed by atoms with E-state index in [1.807, 2.05) is 13.0 Å². The molecule has 1 aromatic rings. The van der Waals surface area contributed by atoms with Crippen LogP contribution in [0.5, 0.6) is 5.75 Å². The maximum absolute atomic E-state index is 8.72. The van der Waals surface area contributed by atoms with E-state index >= 15 is 0 Å². The zero-order chi connectivity index (χ0) is 9.68. The van der Waals surface area contributed by atoms with Crippen molar-refractivity contribution in [2.24, 2.45) is 5.73 Å². The lowest BCUT2D eigenvalue weighted by Crippen LogP contribution is -2.23. The Kier molecular flexibility index (Phi) is 5.70. The maximum Gasteiger partial charge on any atom is 0.137 e. The van der Waals surface area contributed by atoms with Crippen LogP contribution < -0.4 is 10.5 Å². The molecule has 0 aliphatic carbocycles. The summed E-state index contributed by atoms with van der Waals surface area (Å²) in [4.78, 5) is 0. The van der Waals surface area contributed by atoms with Crippen LogP contribution in [0.15, 0.2) is 24.3 Å². The van der Waals surface area contributed by atoms with Crippen molar-refractivity contribution in [2.75, 3.05) is 6.61 Å². The van der Waals surface area contributed by atoms with E-state index in [9.17, 15) is 0 Å². The molecule has 0 unspecified atom stereocenters. The molecule has 1 aromatic carbocycles. The van der Waals surface area contributed by atoms with Crippen LogP contribution in [0.1, 0.15) is 12.5 Å². The van der Waals surface area contributed by atoms with Crippen molar-refractivity contribution in [1.29, 1.82) is 5.26 Å². The van der Waals surface area contributed by atoms with Crippen LogP contribution in [0, 0.1) is 11.3 Å². The fraction of sp³-hybridized carbons (Fsp3) is 0.300. The first-order valence-electron chi connectivity index (χ1n) is 4.11. The molecule has 0 saturated heterocycles. The minimum Gasteiger partial charge on any atom is -0.491 e. The van der Waals surface area contributed by atoms with Crippen molar-refractivity contribution in [3.8, 4) is 11.8 Å². The molecule has 0 spiro atoms. The molecule has 3 nitrogen and oxygen atoms in total. The van der Waals surface area contributed by atoms with Crippen LogP contribution in [0.4, 0.5) is 0 Å². The highest BCUT2D eigenvalue weighted by atomic mass is 35.5. The van der Waals surface area contributed by atoms with Crippen LogP contribution in [0.3, 0.4) is 0 Å². The molecule has 76 valence electrons. The van der Waals surface area contributed by atoms with Crippen LogP contribution in [0.2, 0.25) is 0 Å². The van der Waals surface area contributed by atoms with Gasteiger partial charge in [-0.2, -0.15) is 5.26 Å². The predicted octanol–water partition coefficient (Wildman–Crippen LogP) is 1.71. The van der Waals surface area contributed by atoms with E-state index < -0.39 is 0 Å². The number of nitrogens with zero attached hydrogens (tertiary/aromatic N) is 1. The number of para-hydroxylation sites is 1. The first kappa shape index (κ1) is 12.8. The van der Waals surface area contributed by atoms with Crippen molar-refractivity contribution < 1.29 is 4.74 Å². The first-order chi connectivity index (χ1) is 6.24. The summed E-state index contributed by atoms with van der Waals surface area (Å²) >= 11 is 0. The Morgan fingerprint density at radius 1 is 1.50 bits per heavy atom. The molecule has 1 atom stereocenters. The fourth-order valence-corrected chi connectivity index (χ4v) is 0.906. The number of halogens is 1. The Hall–Kier alpha value is -1.24. The molecule has 0 saturated carbocycles. The summed E-state index contributed by atoms with van der Waals surface area (Å²) in [5.74, 6) is 0.599. The Morgan fingerprint density at radius 2 is 2.14 bits per heavy atom. The van der Waals surface area contributed by atoms with Crippen LogP contribution >= 0.6 is 12.4 Å². The third-order valence-corrected chi connectivity index (χ3v) is 1.51. The Balaban J connectivity index is 0.00000169. The van der Waals surface area contributed by atoms with Crippen LogP contribution in [-0.4, -0.2) is 12.6 Å². The summed E-state index contributed by atoms with van der Waals surface area (Å²) in [6.07, 6.45) is 0. The van der Waals surface area contributed by atoms with Gasteiger partial charge in [-0.15, -0.1) is 12.4 Å². The molecule has 1 rings (SSSR count). The van der Waals surface area contributed by atoms with Crippen LogP contribution in [-0.2, 0) is 0 Å². The monoisotopic (exact) mass is 212 g/mol. The van der Waals surface area contributed by atoms with Crippen molar-refractivity contribution in [3.05, 3.63) is 29.8 Å². The summed E-state index contributed by atoms with van der Waals surface area (Å²) < 4.78 is 5.34. The summed E-state index contributed by atoms with van der Waals surface area (Å²) in [6, 6.07) is 9.15. The van der Waals surface area contributed by atoms with Gasteiger partial charge in [-0.3, -0.25) is 0 Å².